The molecule has 1 aromatic rings. The van der Waals surface area contributed by atoms with Crippen molar-refractivity contribution in [3.63, 3.8) is 0 Å². The van der Waals surface area contributed by atoms with Crippen molar-refractivity contribution < 1.29 is 5.11 Å². The Morgan fingerprint density at radius 2 is 2.06 bits per heavy atom. The summed E-state index contributed by atoms with van der Waals surface area (Å²) in [4.78, 5) is 6.65. The van der Waals surface area contributed by atoms with Crippen LogP contribution in [0, 0.1) is 0 Å². The van der Waals surface area contributed by atoms with Crippen LogP contribution in [0.1, 0.15) is 45.2 Å². The Balaban J connectivity index is 3.12. The van der Waals surface area contributed by atoms with Crippen molar-refractivity contribution in [1.82, 2.24) is 4.98 Å². The number of hydrogen-bond donors (Lipinski definition) is 2. The Labute approximate surface area is 110 Å². The maximum absolute atomic E-state index is 9.27. The highest BCUT2D eigenvalue weighted by Gasteiger charge is 2.20. The predicted octanol–water partition coefficient (Wildman–Crippen LogP) is 2.09. The molecule has 0 bridgehead atoms. The average molecular weight is 251 g/mol. The first-order valence-electron chi connectivity index (χ1n) is 6.73. The highest BCUT2D eigenvalue weighted by Crippen LogP contribution is 2.25. The van der Waals surface area contributed by atoms with Crippen LogP contribution < -0.4 is 10.6 Å². The molecule has 0 aliphatic rings. The Bertz CT molecular complexity index is 351. The highest BCUT2D eigenvalue weighted by molar-refractivity contribution is 5.49. The van der Waals surface area contributed by atoms with Crippen molar-refractivity contribution in [2.45, 2.75) is 45.7 Å². The molecule has 0 amide bonds. The van der Waals surface area contributed by atoms with E-state index in [0.717, 1.165) is 24.2 Å². The minimum Gasteiger partial charge on any atom is -0.395 e. The fourth-order valence-corrected chi connectivity index (χ4v) is 2.30. The van der Waals surface area contributed by atoms with Gasteiger partial charge in [-0.1, -0.05) is 19.9 Å². The van der Waals surface area contributed by atoms with Crippen LogP contribution in [-0.2, 0) is 0 Å². The van der Waals surface area contributed by atoms with E-state index in [9.17, 15) is 5.11 Å². The first-order valence-corrected chi connectivity index (χ1v) is 6.73. The molecule has 0 aliphatic carbocycles. The van der Waals surface area contributed by atoms with Gasteiger partial charge in [0.1, 0.15) is 5.82 Å². The lowest BCUT2D eigenvalue weighted by atomic mass is 10.1. The maximum atomic E-state index is 9.27. The molecular formula is C14H25N3O. The van der Waals surface area contributed by atoms with E-state index in [2.05, 4.69) is 23.7 Å². The molecule has 0 aromatic carbocycles. The third-order valence-corrected chi connectivity index (χ3v) is 3.30. The molecule has 0 spiro atoms. The summed E-state index contributed by atoms with van der Waals surface area (Å²) in [5.41, 5.74) is 7.04. The molecule has 0 unspecified atom stereocenters. The molecular weight excluding hydrogens is 226 g/mol. The third-order valence-electron chi connectivity index (χ3n) is 3.30. The standard InChI is InChI=1S/C14H25N3O/c1-4-12(5-2)17(9-10-18)14-13(11(3)15)7-6-8-16-14/h6-8,11-12,18H,4-5,9-10,15H2,1-3H3/t11-/m1/s1. The van der Waals surface area contributed by atoms with E-state index < -0.39 is 0 Å². The molecule has 4 heteroatoms. The van der Waals surface area contributed by atoms with Gasteiger partial charge in [-0.25, -0.2) is 4.98 Å². The summed E-state index contributed by atoms with van der Waals surface area (Å²) in [5, 5.41) is 9.27. The third kappa shape index (κ3) is 3.43. The van der Waals surface area contributed by atoms with Crippen LogP contribution in [0.15, 0.2) is 18.3 Å². The van der Waals surface area contributed by atoms with Gasteiger partial charge >= 0.3 is 0 Å². The van der Waals surface area contributed by atoms with Crippen molar-refractivity contribution in [3.05, 3.63) is 23.9 Å². The van der Waals surface area contributed by atoms with E-state index in [4.69, 9.17) is 5.73 Å². The highest BCUT2D eigenvalue weighted by atomic mass is 16.3. The molecule has 0 aliphatic heterocycles. The first-order chi connectivity index (χ1) is 8.65. The van der Waals surface area contributed by atoms with Crippen LogP contribution in [0.25, 0.3) is 0 Å². The number of nitrogens with zero attached hydrogens (tertiary/aromatic N) is 2. The first kappa shape index (κ1) is 14.9. The molecule has 102 valence electrons. The van der Waals surface area contributed by atoms with Gasteiger partial charge in [0.15, 0.2) is 0 Å². The van der Waals surface area contributed by atoms with Gasteiger partial charge in [-0.15, -0.1) is 0 Å². The Morgan fingerprint density at radius 1 is 1.39 bits per heavy atom. The minimum atomic E-state index is -0.0516. The topological polar surface area (TPSA) is 62.4 Å². The van der Waals surface area contributed by atoms with Crippen LogP contribution in [0.2, 0.25) is 0 Å². The van der Waals surface area contributed by atoms with Crippen LogP contribution in [0.4, 0.5) is 5.82 Å². The quantitative estimate of drug-likeness (QED) is 0.779. The van der Waals surface area contributed by atoms with Crippen molar-refractivity contribution in [2.24, 2.45) is 5.73 Å². The molecule has 1 heterocycles. The number of anilines is 1. The van der Waals surface area contributed by atoms with E-state index in [1.54, 1.807) is 6.20 Å². The second kappa shape index (κ2) is 7.34. The normalized spacial score (nSPS) is 12.8. The minimum absolute atomic E-state index is 0.0516. The number of nitrogens with two attached hydrogens (primary N) is 1. The Hall–Kier alpha value is -1.13. The number of aliphatic hydroxyl groups excluding tert-OH is 1. The molecule has 1 atom stereocenters. The number of hydrogen-bond acceptors (Lipinski definition) is 4. The second-order valence-corrected chi connectivity index (χ2v) is 4.59. The van der Waals surface area contributed by atoms with E-state index in [1.165, 1.54) is 0 Å². The number of aromatic nitrogens is 1. The number of rotatable bonds is 7. The molecule has 1 rings (SSSR count). The summed E-state index contributed by atoms with van der Waals surface area (Å²) in [5.74, 6) is 0.912. The van der Waals surface area contributed by atoms with Gasteiger partial charge in [-0.2, -0.15) is 0 Å². The molecule has 0 saturated carbocycles. The van der Waals surface area contributed by atoms with E-state index in [1.807, 2.05) is 19.1 Å². The average Bonchev–Trinajstić information content (AvgIpc) is 2.39. The summed E-state index contributed by atoms with van der Waals surface area (Å²) in [6.07, 6.45) is 3.85. The van der Waals surface area contributed by atoms with Gasteiger partial charge in [0.2, 0.25) is 0 Å². The number of aliphatic hydroxyl groups is 1. The Kier molecular flexibility index (Phi) is 6.09. The lowest BCUT2D eigenvalue weighted by Gasteiger charge is -2.33. The van der Waals surface area contributed by atoms with E-state index in [-0.39, 0.29) is 12.6 Å². The zero-order valence-corrected chi connectivity index (χ0v) is 11.6. The lowest BCUT2D eigenvalue weighted by molar-refractivity contribution is 0.295. The van der Waals surface area contributed by atoms with Gasteiger partial charge in [0.05, 0.1) is 6.61 Å². The molecule has 4 nitrogen and oxygen atoms in total. The largest absolute Gasteiger partial charge is 0.395 e. The van der Waals surface area contributed by atoms with Crippen molar-refractivity contribution >= 4 is 5.82 Å². The summed E-state index contributed by atoms with van der Waals surface area (Å²) in [6.45, 7) is 7.01. The van der Waals surface area contributed by atoms with Crippen LogP contribution >= 0.6 is 0 Å². The number of pyridine rings is 1. The van der Waals surface area contributed by atoms with Gasteiger partial charge in [0, 0.05) is 30.4 Å². The summed E-state index contributed by atoms with van der Waals surface area (Å²) >= 11 is 0. The van der Waals surface area contributed by atoms with E-state index >= 15 is 0 Å². The van der Waals surface area contributed by atoms with E-state index in [0.29, 0.717) is 12.6 Å². The fourth-order valence-electron chi connectivity index (χ4n) is 2.30. The molecule has 3 N–H and O–H groups in total. The smallest absolute Gasteiger partial charge is 0.133 e. The molecule has 1 aromatic heterocycles. The summed E-state index contributed by atoms with van der Waals surface area (Å²) in [6, 6.07) is 4.26. The van der Waals surface area contributed by atoms with Crippen LogP contribution in [0.3, 0.4) is 0 Å². The monoisotopic (exact) mass is 251 g/mol. The molecule has 0 fully saturated rings. The van der Waals surface area contributed by atoms with Crippen molar-refractivity contribution in [2.75, 3.05) is 18.1 Å². The Morgan fingerprint density at radius 3 is 2.56 bits per heavy atom. The lowest BCUT2D eigenvalue weighted by Crippen LogP contribution is -2.38. The zero-order chi connectivity index (χ0) is 13.5. The van der Waals surface area contributed by atoms with Crippen LogP contribution in [-0.4, -0.2) is 29.3 Å². The van der Waals surface area contributed by atoms with Crippen LogP contribution in [0.5, 0.6) is 0 Å². The zero-order valence-electron chi connectivity index (χ0n) is 11.6. The summed E-state index contributed by atoms with van der Waals surface area (Å²) in [7, 11) is 0. The molecule has 0 radical (unpaired) electrons. The maximum Gasteiger partial charge on any atom is 0.133 e. The molecule has 0 saturated heterocycles. The fraction of sp³-hybridized carbons (Fsp3) is 0.643. The van der Waals surface area contributed by atoms with Gasteiger partial charge in [0.25, 0.3) is 0 Å². The van der Waals surface area contributed by atoms with Gasteiger partial charge in [-0.05, 0) is 25.8 Å². The molecule has 18 heavy (non-hydrogen) atoms. The van der Waals surface area contributed by atoms with Crippen molar-refractivity contribution in [1.29, 1.82) is 0 Å². The van der Waals surface area contributed by atoms with Crippen molar-refractivity contribution in [3.8, 4) is 0 Å². The summed E-state index contributed by atoms with van der Waals surface area (Å²) < 4.78 is 0. The van der Waals surface area contributed by atoms with Gasteiger partial charge in [-0.3, -0.25) is 0 Å². The predicted molar refractivity (Wildman–Crippen MR) is 75.6 cm³/mol. The second-order valence-electron chi connectivity index (χ2n) is 4.59. The SMILES string of the molecule is CCC(CC)N(CCO)c1ncccc1[C@@H](C)N. The van der Waals surface area contributed by atoms with Gasteiger partial charge < -0.3 is 15.7 Å².